The van der Waals surface area contributed by atoms with Crippen LogP contribution in [0, 0.1) is 47.3 Å². The number of nitrogens with one attached hydrogen (secondary N) is 8. The van der Waals surface area contributed by atoms with E-state index < -0.39 is 0 Å². The van der Waals surface area contributed by atoms with Gasteiger partial charge in [0.25, 0.3) is 0 Å². The van der Waals surface area contributed by atoms with Crippen molar-refractivity contribution >= 4 is 0 Å². The van der Waals surface area contributed by atoms with Gasteiger partial charge in [0.05, 0.1) is 49.3 Å². The Morgan fingerprint density at radius 3 is 0.463 bits per heavy atom. The van der Waals surface area contributed by atoms with E-state index in [9.17, 15) is 0 Å². The van der Waals surface area contributed by atoms with E-state index in [-0.39, 0.29) is 22.4 Å². The van der Waals surface area contributed by atoms with E-state index in [4.69, 9.17) is 0 Å². The standard InChI is InChI=1S/C32H56N8.Nb/c1-2-10-18-17(9-1)25-33-26(18)38-28-21-13-5-6-14-22(21)30(35-28)40-32-24-16-8-7-15-23(24)31(36-32)39-29-20-12-4-3-11-19(20)27(34-29)37-25;/h17-40H,1-16H2;. The van der Waals surface area contributed by atoms with Gasteiger partial charge >= 0.3 is 0 Å². The zero-order chi connectivity index (χ0) is 26.2. The first kappa shape index (κ1) is 28.9. The summed E-state index contributed by atoms with van der Waals surface area (Å²) in [5.41, 5.74) is 0. The minimum Gasteiger partial charge on any atom is -0.286 e. The van der Waals surface area contributed by atoms with Crippen molar-refractivity contribution in [2.24, 2.45) is 47.3 Å². The molecule has 9 aliphatic rings. The van der Waals surface area contributed by atoms with Crippen LogP contribution in [0.1, 0.15) is 103 Å². The molecule has 4 saturated carbocycles. The minimum atomic E-state index is 0. The minimum absolute atomic E-state index is 0. The van der Waals surface area contributed by atoms with Gasteiger partial charge in [-0.3, -0.25) is 42.5 Å². The average Bonchev–Trinajstić information content (AvgIpc) is 3.73. The maximum atomic E-state index is 4.26. The zero-order valence-corrected chi connectivity index (χ0v) is 27.2. The first-order valence-electron chi connectivity index (χ1n) is 17.9. The molecule has 9 fully saturated rings. The van der Waals surface area contributed by atoms with Crippen molar-refractivity contribution in [2.75, 3.05) is 0 Å². The Hall–Kier alpha value is 0.420. The fourth-order valence-electron chi connectivity index (χ4n) is 12.0. The van der Waals surface area contributed by atoms with Gasteiger partial charge in [0.1, 0.15) is 0 Å². The Labute approximate surface area is 263 Å². The Kier molecular flexibility index (Phi) is 8.43. The average molecular weight is 646 g/mol. The zero-order valence-electron chi connectivity index (χ0n) is 25.0. The molecule has 5 saturated heterocycles. The molecule has 229 valence electrons. The normalized spacial score (nSPS) is 56.2. The SMILES string of the molecule is C1CCC2C3NC(NC4NC(NC5NC(NC6NC(N3)C3CCCCC63)C3CCCCC53)C3CCCCC43)C2C1.[Nb]. The molecule has 8 bridgehead atoms. The first-order valence-corrected chi connectivity index (χ1v) is 17.9. The van der Waals surface area contributed by atoms with Gasteiger partial charge in [-0.15, -0.1) is 0 Å². The van der Waals surface area contributed by atoms with Crippen molar-refractivity contribution in [3.05, 3.63) is 0 Å². The molecule has 9 heteroatoms. The van der Waals surface area contributed by atoms with Crippen LogP contribution in [0.2, 0.25) is 0 Å². The fourth-order valence-corrected chi connectivity index (χ4v) is 12.0. The third kappa shape index (κ3) is 5.08. The van der Waals surface area contributed by atoms with E-state index in [0.29, 0.717) is 49.3 Å². The molecule has 4 aliphatic carbocycles. The van der Waals surface area contributed by atoms with E-state index in [1.165, 1.54) is 103 Å². The molecule has 8 nitrogen and oxygen atoms in total. The van der Waals surface area contributed by atoms with Crippen molar-refractivity contribution < 1.29 is 22.4 Å². The van der Waals surface area contributed by atoms with Gasteiger partial charge in [0.15, 0.2) is 0 Å². The van der Waals surface area contributed by atoms with Crippen LogP contribution in [-0.4, -0.2) is 49.3 Å². The molecule has 41 heavy (non-hydrogen) atoms. The van der Waals surface area contributed by atoms with E-state index in [1.807, 2.05) is 0 Å². The second-order valence-corrected chi connectivity index (χ2v) is 15.6. The summed E-state index contributed by atoms with van der Waals surface area (Å²) in [7, 11) is 0. The topological polar surface area (TPSA) is 96.2 Å². The summed E-state index contributed by atoms with van der Waals surface area (Å²) < 4.78 is 0. The summed E-state index contributed by atoms with van der Waals surface area (Å²) in [6.07, 6.45) is 25.6. The van der Waals surface area contributed by atoms with Gasteiger partial charge in [-0.05, 0) is 98.7 Å². The van der Waals surface area contributed by atoms with Gasteiger partial charge < -0.3 is 0 Å². The quantitative estimate of drug-likeness (QED) is 0.191. The predicted octanol–water partition coefficient (Wildman–Crippen LogP) is 2.60. The van der Waals surface area contributed by atoms with Crippen LogP contribution >= 0.6 is 0 Å². The maximum absolute atomic E-state index is 4.26. The van der Waals surface area contributed by atoms with Crippen LogP contribution in [0.25, 0.3) is 0 Å². The second-order valence-electron chi connectivity index (χ2n) is 15.6. The summed E-state index contributed by atoms with van der Waals surface area (Å²) >= 11 is 0. The summed E-state index contributed by atoms with van der Waals surface area (Å²) in [6.45, 7) is 0. The fraction of sp³-hybridized carbons (Fsp3) is 1.00. The van der Waals surface area contributed by atoms with E-state index >= 15 is 0 Å². The molecule has 1 radical (unpaired) electrons. The molecule has 8 unspecified atom stereocenters. The van der Waals surface area contributed by atoms with Gasteiger partial charge in [-0.2, -0.15) is 0 Å². The van der Waals surface area contributed by atoms with E-state index in [0.717, 1.165) is 47.3 Å². The van der Waals surface area contributed by atoms with Gasteiger partial charge in [-0.25, -0.2) is 0 Å². The van der Waals surface area contributed by atoms with Crippen LogP contribution < -0.4 is 42.5 Å². The largest absolute Gasteiger partial charge is 0.286 e. The van der Waals surface area contributed by atoms with Gasteiger partial charge in [-0.1, -0.05) is 51.4 Å². The number of rotatable bonds is 0. The van der Waals surface area contributed by atoms with Crippen LogP contribution in [0.15, 0.2) is 0 Å². The molecule has 5 heterocycles. The van der Waals surface area contributed by atoms with Gasteiger partial charge in [0.2, 0.25) is 0 Å². The Morgan fingerprint density at radius 2 is 0.341 bits per heavy atom. The van der Waals surface area contributed by atoms with Crippen molar-refractivity contribution in [3.8, 4) is 0 Å². The third-order valence-corrected chi connectivity index (χ3v) is 13.8. The maximum Gasteiger partial charge on any atom is 0.0628 e. The number of hydrogen-bond donors (Lipinski definition) is 8. The molecule has 5 aliphatic heterocycles. The summed E-state index contributed by atoms with van der Waals surface area (Å²) in [5, 5.41) is 33.8. The summed E-state index contributed by atoms with van der Waals surface area (Å²) in [4.78, 5) is 0. The van der Waals surface area contributed by atoms with Gasteiger partial charge in [0, 0.05) is 22.4 Å². The number of fused-ring (bicyclic) bond motifs is 20. The molecule has 0 spiro atoms. The molecule has 8 N–H and O–H groups in total. The monoisotopic (exact) mass is 645 g/mol. The predicted molar refractivity (Wildman–Crippen MR) is 157 cm³/mol. The molecule has 0 amide bonds. The van der Waals surface area contributed by atoms with Crippen LogP contribution in [0.4, 0.5) is 0 Å². The molecule has 0 aromatic rings. The van der Waals surface area contributed by atoms with Crippen molar-refractivity contribution in [2.45, 2.75) is 152 Å². The summed E-state index contributed by atoms with van der Waals surface area (Å²) in [6, 6.07) is 0. The van der Waals surface area contributed by atoms with Crippen LogP contribution in [0.5, 0.6) is 0 Å². The Balaban J connectivity index is 0.00000256. The Bertz CT molecular complexity index is 716. The van der Waals surface area contributed by atoms with Crippen LogP contribution in [0.3, 0.4) is 0 Å². The van der Waals surface area contributed by atoms with Crippen molar-refractivity contribution in [3.63, 3.8) is 0 Å². The summed E-state index contributed by atoms with van der Waals surface area (Å²) in [5.74, 6) is 5.97. The smallest absolute Gasteiger partial charge is 0.0628 e. The third-order valence-electron chi connectivity index (χ3n) is 13.8. The van der Waals surface area contributed by atoms with E-state index in [1.54, 1.807) is 0 Å². The molecule has 9 rings (SSSR count). The molecular weight excluding hydrogens is 589 g/mol. The number of hydrogen-bond acceptors (Lipinski definition) is 8. The van der Waals surface area contributed by atoms with E-state index in [2.05, 4.69) is 42.5 Å². The Morgan fingerprint density at radius 1 is 0.220 bits per heavy atom. The van der Waals surface area contributed by atoms with Crippen molar-refractivity contribution in [1.82, 2.24) is 42.5 Å². The molecular formula is C32H56N8Nb. The molecule has 8 atom stereocenters. The van der Waals surface area contributed by atoms with Crippen LogP contribution in [-0.2, 0) is 22.4 Å². The molecule has 0 aromatic carbocycles. The van der Waals surface area contributed by atoms with Crippen molar-refractivity contribution in [1.29, 1.82) is 0 Å². The first-order chi connectivity index (χ1) is 19.8. The second kappa shape index (κ2) is 12.0. The molecule has 0 aromatic heterocycles.